The predicted octanol–water partition coefficient (Wildman–Crippen LogP) is 2.43. The molecule has 0 spiro atoms. The fraction of sp³-hybridized carbons (Fsp3) is 0.500. The molecule has 0 aliphatic heterocycles. The van der Waals surface area contributed by atoms with Gasteiger partial charge in [0.15, 0.2) is 6.10 Å². The first-order valence-electron chi connectivity index (χ1n) is 10.3. The Hall–Kier alpha value is -2.87. The van der Waals surface area contributed by atoms with Crippen LogP contribution < -0.4 is 20.3 Å². The van der Waals surface area contributed by atoms with Crippen LogP contribution in [0, 0.1) is 6.92 Å². The van der Waals surface area contributed by atoms with Crippen LogP contribution in [0.4, 0.5) is 11.8 Å². The van der Waals surface area contributed by atoms with Crippen molar-refractivity contribution in [3.63, 3.8) is 0 Å². The van der Waals surface area contributed by atoms with Gasteiger partial charge in [0.2, 0.25) is 5.95 Å². The number of benzene rings is 1. The number of nitrogens with one attached hydrogen (secondary N) is 2. The number of hydrogen-bond donors (Lipinski definition) is 3. The third kappa shape index (κ3) is 5.38. The summed E-state index contributed by atoms with van der Waals surface area (Å²) in [5, 5.41) is 16.7. The van der Waals surface area contributed by atoms with E-state index in [0.717, 1.165) is 37.1 Å². The number of rotatable bonds is 7. The molecule has 8 nitrogen and oxygen atoms in total. The van der Waals surface area contributed by atoms with Crippen LogP contribution in [0.2, 0.25) is 0 Å². The average Bonchev–Trinajstić information content (AvgIpc) is 2.75. The minimum Gasteiger partial charge on any atom is -0.497 e. The molecule has 0 radical (unpaired) electrons. The number of carbonyl (C=O) groups is 1. The minimum atomic E-state index is -1.18. The number of hydrogen-bond acceptors (Lipinski definition) is 7. The number of aliphatic hydroxyl groups excluding tert-OH is 1. The van der Waals surface area contributed by atoms with Crippen LogP contribution in [0.25, 0.3) is 0 Å². The van der Waals surface area contributed by atoms with Gasteiger partial charge in [-0.15, -0.1) is 0 Å². The Balaban J connectivity index is 1.49. The molecule has 162 valence electrons. The zero-order valence-electron chi connectivity index (χ0n) is 18.1. The van der Waals surface area contributed by atoms with Gasteiger partial charge < -0.3 is 25.4 Å². The second-order valence-corrected chi connectivity index (χ2v) is 7.97. The zero-order chi connectivity index (χ0) is 21.7. The molecular formula is C22H31N5O3. The third-order valence-corrected chi connectivity index (χ3v) is 5.46. The van der Waals surface area contributed by atoms with Crippen molar-refractivity contribution in [1.82, 2.24) is 15.3 Å². The normalized spacial score (nSPS) is 19.6. The van der Waals surface area contributed by atoms with Crippen LogP contribution in [0.1, 0.15) is 42.9 Å². The van der Waals surface area contributed by atoms with E-state index in [2.05, 4.69) is 20.6 Å². The molecule has 1 aromatic heterocycles. The Morgan fingerprint density at radius 3 is 2.40 bits per heavy atom. The summed E-state index contributed by atoms with van der Waals surface area (Å²) in [7, 11) is 5.51. The predicted molar refractivity (Wildman–Crippen MR) is 117 cm³/mol. The van der Waals surface area contributed by atoms with Gasteiger partial charge in [0, 0.05) is 37.9 Å². The van der Waals surface area contributed by atoms with E-state index in [9.17, 15) is 9.90 Å². The highest BCUT2D eigenvalue weighted by Gasteiger charge is 2.26. The molecule has 1 heterocycles. The lowest BCUT2D eigenvalue weighted by atomic mass is 9.91. The molecule has 1 aliphatic carbocycles. The summed E-state index contributed by atoms with van der Waals surface area (Å²) < 4.78 is 5.11. The number of ether oxygens (including phenoxy) is 1. The fourth-order valence-electron chi connectivity index (χ4n) is 3.74. The van der Waals surface area contributed by atoms with E-state index >= 15 is 0 Å². The van der Waals surface area contributed by atoms with Gasteiger partial charge in [-0.25, -0.2) is 4.98 Å². The highest BCUT2D eigenvalue weighted by atomic mass is 16.5. The first-order chi connectivity index (χ1) is 14.4. The van der Waals surface area contributed by atoms with Crippen LogP contribution in [-0.4, -0.2) is 54.3 Å². The largest absolute Gasteiger partial charge is 0.497 e. The van der Waals surface area contributed by atoms with E-state index in [1.54, 1.807) is 31.4 Å². The molecule has 0 bridgehead atoms. The Kier molecular flexibility index (Phi) is 7.10. The van der Waals surface area contributed by atoms with Crippen LogP contribution in [-0.2, 0) is 4.79 Å². The van der Waals surface area contributed by atoms with Crippen LogP contribution >= 0.6 is 0 Å². The van der Waals surface area contributed by atoms with Gasteiger partial charge in [-0.3, -0.25) is 4.79 Å². The van der Waals surface area contributed by atoms with Crippen molar-refractivity contribution < 1.29 is 14.6 Å². The lowest BCUT2D eigenvalue weighted by Gasteiger charge is -2.30. The summed E-state index contributed by atoms with van der Waals surface area (Å²) in [5.41, 5.74) is 1.59. The first kappa shape index (κ1) is 21.8. The van der Waals surface area contributed by atoms with Gasteiger partial charge in [-0.2, -0.15) is 4.98 Å². The molecule has 1 fully saturated rings. The van der Waals surface area contributed by atoms with Crippen molar-refractivity contribution >= 4 is 17.7 Å². The van der Waals surface area contributed by atoms with E-state index in [1.165, 1.54) is 0 Å². The van der Waals surface area contributed by atoms with Crippen molar-refractivity contribution in [2.24, 2.45) is 0 Å². The average molecular weight is 414 g/mol. The molecule has 1 amide bonds. The highest BCUT2D eigenvalue weighted by molar-refractivity contribution is 5.82. The first-order valence-corrected chi connectivity index (χ1v) is 10.3. The summed E-state index contributed by atoms with van der Waals surface area (Å²) in [4.78, 5) is 23.4. The maximum absolute atomic E-state index is 12.4. The molecule has 0 saturated heterocycles. The van der Waals surface area contributed by atoms with Gasteiger partial charge in [0.05, 0.1) is 7.11 Å². The molecule has 1 unspecified atom stereocenters. The minimum absolute atomic E-state index is 0.0553. The van der Waals surface area contributed by atoms with Crippen molar-refractivity contribution in [2.45, 2.75) is 50.8 Å². The topological polar surface area (TPSA) is 99.6 Å². The molecule has 1 atom stereocenters. The number of nitrogens with zero attached hydrogens (tertiary/aromatic N) is 3. The number of aliphatic hydroxyl groups is 1. The maximum Gasteiger partial charge on any atom is 0.253 e. The van der Waals surface area contributed by atoms with E-state index < -0.39 is 6.10 Å². The lowest BCUT2D eigenvalue weighted by Crippen LogP contribution is -2.42. The summed E-state index contributed by atoms with van der Waals surface area (Å²) >= 11 is 0. The fourth-order valence-corrected chi connectivity index (χ4v) is 3.74. The quantitative estimate of drug-likeness (QED) is 0.641. The van der Waals surface area contributed by atoms with Crippen molar-refractivity contribution in [3.05, 3.63) is 41.6 Å². The lowest BCUT2D eigenvalue weighted by molar-refractivity contribution is -0.130. The second-order valence-electron chi connectivity index (χ2n) is 7.97. The number of amides is 1. The van der Waals surface area contributed by atoms with Gasteiger partial charge in [0.25, 0.3) is 5.91 Å². The third-order valence-electron chi connectivity index (χ3n) is 5.46. The Morgan fingerprint density at radius 2 is 1.80 bits per heavy atom. The van der Waals surface area contributed by atoms with Crippen molar-refractivity contribution in [3.8, 4) is 5.75 Å². The molecule has 1 saturated carbocycles. The number of anilines is 2. The monoisotopic (exact) mass is 413 g/mol. The Bertz CT molecular complexity index is 848. The van der Waals surface area contributed by atoms with Crippen LogP contribution in [0.3, 0.4) is 0 Å². The van der Waals surface area contributed by atoms with E-state index in [-0.39, 0.29) is 18.0 Å². The molecule has 2 aromatic rings. The zero-order valence-corrected chi connectivity index (χ0v) is 18.1. The summed E-state index contributed by atoms with van der Waals surface area (Å²) in [5.74, 6) is 1.86. The molecule has 8 heteroatoms. The van der Waals surface area contributed by atoms with E-state index in [1.807, 2.05) is 32.1 Å². The standard InChI is InChI=1S/C22H31N5O3/c1-14-13-23-22(26-20(14)27(2)3)25-17-9-7-16(8-10-17)24-21(29)19(28)15-5-11-18(30-4)12-6-15/h5-6,11-13,16-17,19,28H,7-10H2,1-4H3,(H,24,29)(H,23,25,26). The molecule has 1 aliphatic rings. The SMILES string of the molecule is COc1ccc(C(O)C(=O)NC2CCC(Nc3ncc(C)c(N(C)C)n3)CC2)cc1. The highest BCUT2D eigenvalue weighted by Crippen LogP contribution is 2.24. The number of aryl methyl sites for hydroxylation is 1. The van der Waals surface area contributed by atoms with Crippen LogP contribution in [0.15, 0.2) is 30.5 Å². The summed E-state index contributed by atoms with van der Waals surface area (Å²) in [6.07, 6.45) is 4.13. The van der Waals surface area contributed by atoms with Gasteiger partial charge in [-0.05, 0) is 50.3 Å². The van der Waals surface area contributed by atoms with Gasteiger partial charge in [-0.1, -0.05) is 12.1 Å². The summed E-state index contributed by atoms with van der Waals surface area (Å²) in [6.45, 7) is 1.99. The van der Waals surface area contributed by atoms with E-state index in [4.69, 9.17) is 4.74 Å². The maximum atomic E-state index is 12.4. The van der Waals surface area contributed by atoms with Crippen LogP contribution in [0.5, 0.6) is 5.75 Å². The molecule has 3 N–H and O–H groups in total. The smallest absolute Gasteiger partial charge is 0.253 e. The molecule has 3 rings (SSSR count). The van der Waals surface area contributed by atoms with E-state index in [0.29, 0.717) is 17.3 Å². The number of aromatic nitrogens is 2. The van der Waals surface area contributed by atoms with Gasteiger partial charge >= 0.3 is 0 Å². The molecular weight excluding hydrogens is 382 g/mol. The Morgan fingerprint density at radius 1 is 1.17 bits per heavy atom. The number of methoxy groups -OCH3 is 1. The van der Waals surface area contributed by atoms with Crippen molar-refractivity contribution in [2.75, 3.05) is 31.4 Å². The Labute approximate surface area is 177 Å². The molecule has 1 aromatic carbocycles. The number of carbonyl (C=O) groups excluding carboxylic acids is 1. The van der Waals surface area contributed by atoms with Gasteiger partial charge in [0.1, 0.15) is 11.6 Å². The van der Waals surface area contributed by atoms with Crippen molar-refractivity contribution in [1.29, 1.82) is 0 Å². The molecule has 30 heavy (non-hydrogen) atoms. The second kappa shape index (κ2) is 9.75. The summed E-state index contributed by atoms with van der Waals surface area (Å²) in [6, 6.07) is 7.19.